The number of hydrazone groups is 1. The Morgan fingerprint density at radius 1 is 1.36 bits per heavy atom. The third-order valence-electron chi connectivity index (χ3n) is 4.33. The lowest BCUT2D eigenvalue weighted by atomic mass is 10.1. The number of imide groups is 1. The van der Waals surface area contributed by atoms with Crippen LogP contribution in [0.2, 0.25) is 0 Å². The van der Waals surface area contributed by atoms with Gasteiger partial charge in [-0.2, -0.15) is 10.0 Å². The molecule has 0 spiro atoms. The number of nitrogens with zero attached hydrogens (tertiary/aromatic N) is 5. The van der Waals surface area contributed by atoms with E-state index in [0.29, 0.717) is 5.56 Å². The summed E-state index contributed by atoms with van der Waals surface area (Å²) >= 11 is 0. The fourth-order valence-electron chi connectivity index (χ4n) is 2.83. The average Bonchev–Trinajstić information content (AvgIpc) is 3.09. The Labute approximate surface area is 160 Å². The van der Waals surface area contributed by atoms with E-state index >= 15 is 0 Å². The fourth-order valence-corrected chi connectivity index (χ4v) is 2.83. The van der Waals surface area contributed by atoms with E-state index in [4.69, 9.17) is 4.74 Å². The van der Waals surface area contributed by atoms with Gasteiger partial charge in [0.2, 0.25) is 0 Å². The Morgan fingerprint density at radius 3 is 2.82 bits per heavy atom. The van der Waals surface area contributed by atoms with Gasteiger partial charge < -0.3 is 9.84 Å². The van der Waals surface area contributed by atoms with Crippen molar-refractivity contribution in [2.24, 2.45) is 5.10 Å². The van der Waals surface area contributed by atoms with E-state index in [1.165, 1.54) is 49.6 Å². The second-order valence-electron chi connectivity index (χ2n) is 6.14. The number of nitrogens with one attached hydrogen (secondary N) is 1. The molecule has 0 bridgehead atoms. The summed E-state index contributed by atoms with van der Waals surface area (Å²) in [6.45, 7) is -0.171. The van der Waals surface area contributed by atoms with Crippen molar-refractivity contribution in [3.05, 3.63) is 23.8 Å². The van der Waals surface area contributed by atoms with Crippen LogP contribution in [0.25, 0.3) is 0 Å². The lowest BCUT2D eigenvalue weighted by molar-refractivity contribution is -0.131. The summed E-state index contributed by atoms with van der Waals surface area (Å²) < 4.78 is 9.08. The molecule has 4 amide bonds. The molecular weight excluding hydrogens is 368 g/mol. The van der Waals surface area contributed by atoms with Gasteiger partial charge in [-0.25, -0.2) is 14.9 Å². The number of amidine groups is 1. The first-order chi connectivity index (χ1) is 13.3. The number of hydrogen-bond donors (Lipinski definition) is 2. The lowest BCUT2D eigenvalue weighted by Gasteiger charge is -2.29. The highest BCUT2D eigenvalue weighted by Gasteiger charge is 2.53. The van der Waals surface area contributed by atoms with Crippen LogP contribution in [0, 0.1) is 0 Å². The Bertz CT molecular complexity index is 936. The number of carbonyl (C=O) groups excluding carboxylic acids is 3. The van der Waals surface area contributed by atoms with Crippen molar-refractivity contribution in [3.63, 3.8) is 0 Å². The molecule has 3 rings (SSSR count). The van der Waals surface area contributed by atoms with Crippen molar-refractivity contribution in [3.8, 4) is 11.5 Å². The summed E-state index contributed by atoms with van der Waals surface area (Å²) in [6, 6.07) is 3.30. The van der Waals surface area contributed by atoms with Crippen LogP contribution < -0.4 is 14.8 Å². The summed E-state index contributed by atoms with van der Waals surface area (Å²) in [5.41, 5.74) is 2.97. The number of fused-ring (bicyclic) bond motifs is 1. The van der Waals surface area contributed by atoms with Crippen LogP contribution in [0.5, 0.6) is 11.5 Å². The maximum absolute atomic E-state index is 12.4. The molecular formula is C17H19N6O5+. The number of aromatic hydroxyl groups is 1. The van der Waals surface area contributed by atoms with Crippen molar-refractivity contribution in [2.75, 3.05) is 27.7 Å². The molecule has 146 valence electrons. The number of phenols is 1. The smallest absolute Gasteiger partial charge is 0.389 e. The molecule has 11 nitrogen and oxygen atoms in total. The number of ether oxygens (including phenoxy) is 1. The second-order valence-corrected chi connectivity index (χ2v) is 6.14. The van der Waals surface area contributed by atoms with E-state index < -0.39 is 23.9 Å². The van der Waals surface area contributed by atoms with Gasteiger partial charge in [0.25, 0.3) is 24.2 Å². The molecule has 1 aromatic carbocycles. The SMILES string of the molecule is COc1cc(/C=N/NC(=O)CN2C=[N+]=C3C2C(=O)N(C)C(=O)N3C)ccc1O. The molecule has 1 atom stereocenters. The Hall–Kier alpha value is -3.85. The summed E-state index contributed by atoms with van der Waals surface area (Å²) in [7, 11) is 4.32. The van der Waals surface area contributed by atoms with Gasteiger partial charge in [0.1, 0.15) is 6.54 Å². The van der Waals surface area contributed by atoms with Crippen molar-refractivity contribution < 1.29 is 24.2 Å². The number of methoxy groups -OCH3 is 1. The Morgan fingerprint density at radius 2 is 2.11 bits per heavy atom. The minimum absolute atomic E-state index is 0.00497. The van der Waals surface area contributed by atoms with Crippen LogP contribution >= 0.6 is 0 Å². The first kappa shape index (κ1) is 18.9. The van der Waals surface area contributed by atoms with Crippen LogP contribution in [0.4, 0.5) is 4.79 Å². The second kappa shape index (κ2) is 7.41. The van der Waals surface area contributed by atoms with E-state index in [-0.39, 0.29) is 23.9 Å². The van der Waals surface area contributed by atoms with Crippen LogP contribution in [0.3, 0.4) is 0 Å². The van der Waals surface area contributed by atoms with Gasteiger partial charge in [-0.1, -0.05) is 0 Å². The molecule has 28 heavy (non-hydrogen) atoms. The van der Waals surface area contributed by atoms with Crippen LogP contribution in [-0.2, 0) is 9.59 Å². The lowest BCUT2D eigenvalue weighted by Crippen LogP contribution is -2.63. The number of benzene rings is 1. The van der Waals surface area contributed by atoms with Gasteiger partial charge in [-0.05, 0) is 23.8 Å². The molecule has 0 aromatic heterocycles. The molecule has 2 N–H and O–H groups in total. The van der Waals surface area contributed by atoms with E-state index in [1.54, 1.807) is 12.1 Å². The van der Waals surface area contributed by atoms with Crippen LogP contribution in [0.1, 0.15) is 5.56 Å². The number of urea groups is 1. The topological polar surface area (TPSA) is 129 Å². The minimum Gasteiger partial charge on any atom is -0.504 e. The van der Waals surface area contributed by atoms with Gasteiger partial charge >= 0.3 is 11.9 Å². The van der Waals surface area contributed by atoms with Gasteiger partial charge in [0, 0.05) is 7.05 Å². The monoisotopic (exact) mass is 387 g/mol. The molecule has 11 heteroatoms. The zero-order valence-corrected chi connectivity index (χ0v) is 15.5. The van der Waals surface area contributed by atoms with Crippen molar-refractivity contribution in [1.29, 1.82) is 0 Å². The third-order valence-corrected chi connectivity index (χ3v) is 4.33. The molecule has 0 radical (unpaired) electrons. The zero-order valence-electron chi connectivity index (χ0n) is 15.5. The molecule has 2 heterocycles. The minimum atomic E-state index is -0.830. The Kier molecular flexibility index (Phi) is 5.01. The molecule has 1 unspecified atom stereocenters. The molecule has 1 saturated heterocycles. The van der Waals surface area contributed by atoms with E-state index in [2.05, 4.69) is 15.2 Å². The highest BCUT2D eigenvalue weighted by atomic mass is 16.5. The summed E-state index contributed by atoms with van der Waals surface area (Å²) in [6.07, 6.45) is 2.75. The normalized spacial score (nSPS) is 18.6. The van der Waals surface area contributed by atoms with Crippen molar-refractivity contribution >= 4 is 36.2 Å². The Balaban J connectivity index is 1.61. The van der Waals surface area contributed by atoms with Crippen molar-refractivity contribution in [1.82, 2.24) is 24.8 Å². The van der Waals surface area contributed by atoms with E-state index in [1.807, 2.05) is 0 Å². The third kappa shape index (κ3) is 3.38. The van der Waals surface area contributed by atoms with Gasteiger partial charge in [-0.15, -0.1) is 0 Å². The molecule has 0 saturated carbocycles. The van der Waals surface area contributed by atoms with Gasteiger partial charge in [0.15, 0.2) is 11.5 Å². The zero-order chi connectivity index (χ0) is 20.4. The maximum Gasteiger partial charge on any atom is 0.389 e. The molecule has 2 aliphatic heterocycles. The molecule has 1 aromatic rings. The number of amides is 4. The standard InChI is InChI=1S/C17H18N6O5/c1-21-15-14(16(26)22(2)17(21)27)23(9-18-15)8-13(25)20-19-7-10-4-5-11(24)12(6-10)28-3/h4-7,9,14H,8H2,1-3H3,(H-,19,20,24,25)/p+1. The predicted molar refractivity (Wildman–Crippen MR) is 100 cm³/mol. The quantitative estimate of drug-likeness (QED) is 0.361. The number of carbonyl (C=O) groups is 3. The molecule has 1 fully saturated rings. The number of rotatable bonds is 5. The van der Waals surface area contributed by atoms with E-state index in [0.717, 1.165) is 4.90 Å². The van der Waals surface area contributed by atoms with Gasteiger partial charge in [0.05, 0.1) is 20.4 Å². The highest BCUT2D eigenvalue weighted by molar-refractivity contribution is 6.22. The summed E-state index contributed by atoms with van der Waals surface area (Å²) in [5.74, 6) is -0.367. The first-order valence-corrected chi connectivity index (χ1v) is 8.24. The first-order valence-electron chi connectivity index (χ1n) is 8.24. The number of phenolic OH excluding ortho intramolecular Hbond substituents is 1. The predicted octanol–water partition coefficient (Wildman–Crippen LogP) is -1.45. The molecule has 0 aliphatic carbocycles. The number of hydrogen-bond acceptors (Lipinski definition) is 7. The van der Waals surface area contributed by atoms with Crippen LogP contribution in [-0.4, -0.2) is 89.8 Å². The average molecular weight is 387 g/mol. The number of likely N-dealkylation sites (N-methyl/N-ethyl adjacent to an activating group) is 2. The highest BCUT2D eigenvalue weighted by Crippen LogP contribution is 2.25. The van der Waals surface area contributed by atoms with E-state index in [9.17, 15) is 19.5 Å². The van der Waals surface area contributed by atoms with Gasteiger partial charge in [-0.3, -0.25) is 19.4 Å². The fraction of sp³-hybridized carbons (Fsp3) is 0.294. The summed E-state index contributed by atoms with van der Waals surface area (Å²) in [5, 5.41) is 13.4. The molecule has 2 aliphatic rings. The summed E-state index contributed by atoms with van der Waals surface area (Å²) in [4.78, 5) is 40.2. The van der Waals surface area contributed by atoms with Crippen LogP contribution in [0.15, 0.2) is 23.3 Å². The largest absolute Gasteiger partial charge is 0.504 e. The maximum atomic E-state index is 12.4. The van der Waals surface area contributed by atoms with Crippen molar-refractivity contribution in [2.45, 2.75) is 6.04 Å².